The number of aliphatic imine (C=N–C) groups is 1. The van der Waals surface area contributed by atoms with Crippen LogP contribution < -0.4 is 10.0 Å². The van der Waals surface area contributed by atoms with E-state index < -0.39 is 14.9 Å². The van der Waals surface area contributed by atoms with Crippen LogP contribution >= 0.6 is 0 Å². The number of hydrogen-bond donors (Lipinski definition) is 2. The molecule has 1 aliphatic rings. The molecule has 1 aromatic rings. The van der Waals surface area contributed by atoms with Crippen molar-refractivity contribution in [2.24, 2.45) is 4.99 Å². The number of nitrogens with zero attached hydrogens (tertiary/aromatic N) is 2. The number of hydrogen-bond acceptors (Lipinski definition) is 5. The lowest BCUT2D eigenvalue weighted by Crippen LogP contribution is -2.40. The molecule has 0 bridgehead atoms. The Morgan fingerprint density at radius 2 is 2.12 bits per heavy atom. The number of guanidine groups is 1. The van der Waals surface area contributed by atoms with Crippen molar-refractivity contribution in [3.8, 4) is 0 Å². The van der Waals surface area contributed by atoms with Gasteiger partial charge in [0.1, 0.15) is 10.6 Å². The molecule has 1 aromatic carbocycles. The zero-order valence-corrected chi connectivity index (χ0v) is 9.48. The SMILES string of the molecule is CN=C1Nc2c([N+](=O)[O-])cccc2S(=O)(=O)N1. The molecule has 0 saturated heterocycles. The van der Waals surface area contributed by atoms with Crippen molar-refractivity contribution in [3.63, 3.8) is 0 Å². The van der Waals surface area contributed by atoms with Gasteiger partial charge in [-0.15, -0.1) is 0 Å². The summed E-state index contributed by atoms with van der Waals surface area (Å²) in [6.45, 7) is 0. The molecule has 0 amide bonds. The van der Waals surface area contributed by atoms with Gasteiger partial charge in [-0.05, 0) is 6.07 Å². The third-order valence-corrected chi connectivity index (χ3v) is 3.57. The monoisotopic (exact) mass is 256 g/mol. The molecule has 0 aromatic heterocycles. The maximum Gasteiger partial charge on any atom is 0.294 e. The summed E-state index contributed by atoms with van der Waals surface area (Å²) in [6.07, 6.45) is 0. The quantitative estimate of drug-likeness (QED) is 0.553. The molecule has 90 valence electrons. The summed E-state index contributed by atoms with van der Waals surface area (Å²) >= 11 is 0. The van der Waals surface area contributed by atoms with Crippen LogP contribution in [-0.4, -0.2) is 26.3 Å². The summed E-state index contributed by atoms with van der Waals surface area (Å²) in [6, 6.07) is 3.82. The minimum Gasteiger partial charge on any atom is -0.319 e. The second-order valence-electron chi connectivity index (χ2n) is 3.21. The van der Waals surface area contributed by atoms with E-state index in [9.17, 15) is 18.5 Å². The number of para-hydroxylation sites is 1. The number of anilines is 1. The van der Waals surface area contributed by atoms with Gasteiger partial charge >= 0.3 is 0 Å². The molecule has 0 atom stereocenters. The van der Waals surface area contributed by atoms with Gasteiger partial charge in [-0.2, -0.15) is 0 Å². The van der Waals surface area contributed by atoms with Gasteiger partial charge in [-0.1, -0.05) is 6.07 Å². The van der Waals surface area contributed by atoms with E-state index in [2.05, 4.69) is 15.0 Å². The van der Waals surface area contributed by atoms with Gasteiger partial charge in [0.2, 0.25) is 5.96 Å². The summed E-state index contributed by atoms with van der Waals surface area (Å²) in [4.78, 5) is 13.6. The van der Waals surface area contributed by atoms with E-state index in [0.29, 0.717) is 0 Å². The van der Waals surface area contributed by atoms with Crippen molar-refractivity contribution in [2.75, 3.05) is 12.4 Å². The lowest BCUT2D eigenvalue weighted by atomic mass is 10.2. The lowest BCUT2D eigenvalue weighted by molar-refractivity contribution is -0.384. The number of nitro groups is 1. The smallest absolute Gasteiger partial charge is 0.294 e. The maximum absolute atomic E-state index is 11.8. The molecular formula is C8H8N4O4S. The number of benzene rings is 1. The van der Waals surface area contributed by atoms with E-state index in [1.54, 1.807) is 0 Å². The Morgan fingerprint density at radius 1 is 1.41 bits per heavy atom. The Hall–Kier alpha value is -2.16. The molecule has 2 N–H and O–H groups in total. The van der Waals surface area contributed by atoms with Crippen molar-refractivity contribution in [3.05, 3.63) is 28.3 Å². The summed E-state index contributed by atoms with van der Waals surface area (Å²) in [5.74, 6) is -0.0493. The van der Waals surface area contributed by atoms with Crippen molar-refractivity contribution in [1.29, 1.82) is 0 Å². The highest BCUT2D eigenvalue weighted by Gasteiger charge is 2.31. The van der Waals surface area contributed by atoms with Crippen molar-refractivity contribution < 1.29 is 13.3 Å². The summed E-state index contributed by atoms with van der Waals surface area (Å²) in [7, 11) is -2.44. The van der Waals surface area contributed by atoms with E-state index in [1.165, 1.54) is 25.2 Å². The van der Waals surface area contributed by atoms with Gasteiger partial charge < -0.3 is 5.32 Å². The van der Waals surface area contributed by atoms with Crippen molar-refractivity contribution in [2.45, 2.75) is 4.90 Å². The molecular weight excluding hydrogens is 248 g/mol. The Balaban J connectivity index is 2.74. The van der Waals surface area contributed by atoms with Crippen LogP contribution in [0.4, 0.5) is 11.4 Å². The van der Waals surface area contributed by atoms with Crippen LogP contribution in [0.1, 0.15) is 0 Å². The van der Waals surface area contributed by atoms with Gasteiger partial charge in [-0.25, -0.2) is 13.1 Å². The fourth-order valence-corrected chi connectivity index (χ4v) is 2.64. The first-order chi connectivity index (χ1) is 7.95. The molecule has 8 nitrogen and oxygen atoms in total. The molecule has 1 aliphatic heterocycles. The van der Waals surface area contributed by atoms with Crippen LogP contribution in [0.3, 0.4) is 0 Å². The second kappa shape index (κ2) is 3.70. The van der Waals surface area contributed by atoms with Crippen LogP contribution in [0, 0.1) is 10.1 Å². The predicted octanol–water partition coefficient (Wildman–Crippen LogP) is 0.284. The third kappa shape index (κ3) is 1.80. The summed E-state index contributed by atoms with van der Waals surface area (Å²) in [5.41, 5.74) is -0.384. The van der Waals surface area contributed by atoms with Gasteiger partial charge in [0.05, 0.1) is 4.92 Å². The molecule has 17 heavy (non-hydrogen) atoms. The Bertz CT molecular complexity index is 622. The average molecular weight is 256 g/mol. The van der Waals surface area contributed by atoms with Crippen LogP contribution in [0.2, 0.25) is 0 Å². The fourth-order valence-electron chi connectivity index (χ4n) is 1.45. The van der Waals surface area contributed by atoms with Gasteiger partial charge in [0, 0.05) is 13.1 Å². The topological polar surface area (TPSA) is 114 Å². The first-order valence-electron chi connectivity index (χ1n) is 4.50. The average Bonchev–Trinajstić information content (AvgIpc) is 2.27. The molecule has 0 fully saturated rings. The summed E-state index contributed by atoms with van der Waals surface area (Å²) in [5, 5.41) is 13.4. The maximum atomic E-state index is 11.8. The van der Waals surface area contributed by atoms with E-state index in [-0.39, 0.29) is 22.2 Å². The largest absolute Gasteiger partial charge is 0.319 e. The number of sulfonamides is 1. The van der Waals surface area contributed by atoms with Gasteiger partial charge in [-0.3, -0.25) is 15.1 Å². The zero-order chi connectivity index (χ0) is 12.6. The van der Waals surface area contributed by atoms with Gasteiger partial charge in [0.15, 0.2) is 0 Å². The Morgan fingerprint density at radius 3 is 2.71 bits per heavy atom. The molecule has 0 saturated carbocycles. The molecule has 0 aliphatic carbocycles. The number of rotatable bonds is 1. The first-order valence-corrected chi connectivity index (χ1v) is 5.98. The van der Waals surface area contributed by atoms with E-state index in [0.717, 1.165) is 0 Å². The summed E-state index contributed by atoms with van der Waals surface area (Å²) < 4.78 is 25.7. The molecule has 9 heteroatoms. The van der Waals surface area contributed by atoms with Crippen molar-refractivity contribution in [1.82, 2.24) is 4.72 Å². The van der Waals surface area contributed by atoms with E-state index >= 15 is 0 Å². The van der Waals surface area contributed by atoms with Crippen LogP contribution in [-0.2, 0) is 10.0 Å². The second-order valence-corrected chi connectivity index (χ2v) is 4.86. The minimum absolute atomic E-state index is 0.0493. The van der Waals surface area contributed by atoms with Gasteiger partial charge in [0.25, 0.3) is 15.7 Å². The molecule has 0 unspecified atom stereocenters. The van der Waals surface area contributed by atoms with Crippen molar-refractivity contribution >= 4 is 27.4 Å². The van der Waals surface area contributed by atoms with Crippen LogP contribution in [0.15, 0.2) is 28.1 Å². The normalized spacial score (nSPS) is 19.0. The molecule has 0 radical (unpaired) electrons. The standard InChI is InChI=1S/C8H8N4O4S/c1-9-8-10-7-5(12(13)14)3-2-4-6(7)17(15,16)11-8/h2-4H,1H3,(H2,9,10,11). The molecule has 1 heterocycles. The lowest BCUT2D eigenvalue weighted by Gasteiger charge is -2.20. The van der Waals surface area contributed by atoms with E-state index in [4.69, 9.17) is 0 Å². The zero-order valence-electron chi connectivity index (χ0n) is 8.67. The fraction of sp³-hybridized carbons (Fsp3) is 0.125. The number of nitrogens with one attached hydrogen (secondary N) is 2. The van der Waals surface area contributed by atoms with Crippen LogP contribution in [0.25, 0.3) is 0 Å². The number of nitro benzene ring substituents is 1. The highest BCUT2D eigenvalue weighted by molar-refractivity contribution is 7.90. The van der Waals surface area contributed by atoms with Crippen LogP contribution in [0.5, 0.6) is 0 Å². The predicted molar refractivity (Wildman–Crippen MR) is 60.4 cm³/mol. The van der Waals surface area contributed by atoms with E-state index in [1.807, 2.05) is 0 Å². The highest BCUT2D eigenvalue weighted by atomic mass is 32.2. The minimum atomic E-state index is -3.81. The molecule has 2 rings (SSSR count). The first kappa shape index (κ1) is 11.3. The number of fused-ring (bicyclic) bond motifs is 1. The third-order valence-electron chi connectivity index (χ3n) is 2.19. The Kier molecular flexibility index (Phi) is 2.46. The molecule has 0 spiro atoms. The Labute approximate surface area is 96.6 Å². The highest BCUT2D eigenvalue weighted by Crippen LogP contribution is 2.33.